The minimum Gasteiger partial charge on any atom is -0.343 e. The summed E-state index contributed by atoms with van der Waals surface area (Å²) in [5.74, 6) is 2.09. The van der Waals surface area contributed by atoms with Gasteiger partial charge in [0.2, 0.25) is 11.8 Å². The molecule has 180 valence electrons. The Morgan fingerprint density at radius 2 is 1.70 bits per heavy atom. The fourth-order valence-corrected chi connectivity index (χ4v) is 4.43. The lowest BCUT2D eigenvalue weighted by Crippen LogP contribution is -2.48. The normalized spacial score (nSPS) is 17.6. The highest BCUT2D eigenvalue weighted by atomic mass is 79.9. The zero-order valence-electron chi connectivity index (χ0n) is 18.9. The number of likely N-dealkylation sites (tertiary alicyclic amines) is 1. The summed E-state index contributed by atoms with van der Waals surface area (Å²) in [6.45, 7) is 7.39. The smallest absolute Gasteiger partial charge is 0.253 e. The van der Waals surface area contributed by atoms with E-state index in [0.717, 1.165) is 43.5 Å². The molecular formula is C23H31BrClN5O3. The SMILES string of the molecule is CC1CCN(C(=O)CCc2nc(CN3CCN(C(=O)c4ccc(Br)cc4)CC3)no2)CC1.Cl. The average molecular weight is 541 g/mol. The number of rotatable bonds is 6. The molecule has 2 aliphatic rings. The van der Waals surface area contributed by atoms with Gasteiger partial charge in [-0.15, -0.1) is 12.4 Å². The summed E-state index contributed by atoms with van der Waals surface area (Å²) in [5, 5.41) is 4.08. The number of piperidine rings is 1. The van der Waals surface area contributed by atoms with Gasteiger partial charge < -0.3 is 14.3 Å². The van der Waals surface area contributed by atoms with Gasteiger partial charge in [-0.25, -0.2) is 0 Å². The van der Waals surface area contributed by atoms with Crippen LogP contribution < -0.4 is 0 Å². The van der Waals surface area contributed by atoms with Crippen LogP contribution in [0.25, 0.3) is 0 Å². The van der Waals surface area contributed by atoms with Crippen LogP contribution in [0.15, 0.2) is 33.3 Å². The van der Waals surface area contributed by atoms with Crippen LogP contribution in [0.4, 0.5) is 0 Å². The Morgan fingerprint density at radius 1 is 1.03 bits per heavy atom. The summed E-state index contributed by atoms with van der Waals surface area (Å²) in [5.41, 5.74) is 0.707. The van der Waals surface area contributed by atoms with E-state index in [2.05, 4.69) is 37.9 Å². The first-order valence-corrected chi connectivity index (χ1v) is 12.1. The van der Waals surface area contributed by atoms with E-state index in [4.69, 9.17) is 4.52 Å². The predicted octanol–water partition coefficient (Wildman–Crippen LogP) is 3.40. The van der Waals surface area contributed by atoms with Crippen molar-refractivity contribution >= 4 is 40.2 Å². The Labute approximate surface area is 209 Å². The molecule has 2 amide bonds. The highest BCUT2D eigenvalue weighted by molar-refractivity contribution is 9.10. The van der Waals surface area contributed by atoms with Crippen LogP contribution in [-0.2, 0) is 17.8 Å². The van der Waals surface area contributed by atoms with Gasteiger partial charge in [0.05, 0.1) is 6.54 Å². The van der Waals surface area contributed by atoms with Crippen molar-refractivity contribution in [3.05, 3.63) is 46.0 Å². The summed E-state index contributed by atoms with van der Waals surface area (Å²) in [4.78, 5) is 35.6. The number of piperazine rings is 1. The second kappa shape index (κ2) is 11.9. The summed E-state index contributed by atoms with van der Waals surface area (Å²) in [7, 11) is 0. The molecule has 3 heterocycles. The maximum Gasteiger partial charge on any atom is 0.253 e. The standard InChI is InChI=1S/C23H30BrN5O3.ClH/c1-17-8-10-28(11-9-17)22(30)7-6-21-25-20(26-32-21)16-27-12-14-29(15-13-27)23(31)18-2-4-19(24)5-3-18;/h2-5,17H,6-16H2,1H3;1H. The first-order valence-electron chi connectivity index (χ1n) is 11.3. The minimum atomic E-state index is 0. The molecule has 2 aliphatic heterocycles. The highest BCUT2D eigenvalue weighted by Gasteiger charge is 2.24. The molecule has 4 rings (SSSR count). The number of nitrogens with zero attached hydrogens (tertiary/aromatic N) is 5. The molecule has 1 aromatic carbocycles. The summed E-state index contributed by atoms with van der Waals surface area (Å²) in [6.07, 6.45) is 3.05. The second-order valence-electron chi connectivity index (χ2n) is 8.74. The van der Waals surface area contributed by atoms with Gasteiger partial charge in [-0.1, -0.05) is 28.0 Å². The van der Waals surface area contributed by atoms with Gasteiger partial charge >= 0.3 is 0 Å². The molecule has 2 saturated heterocycles. The molecule has 0 aliphatic carbocycles. The van der Waals surface area contributed by atoms with E-state index >= 15 is 0 Å². The Kier molecular flexibility index (Phi) is 9.28. The third-order valence-electron chi connectivity index (χ3n) is 6.31. The van der Waals surface area contributed by atoms with Crippen LogP contribution in [0.3, 0.4) is 0 Å². The van der Waals surface area contributed by atoms with E-state index in [-0.39, 0.29) is 24.2 Å². The van der Waals surface area contributed by atoms with Crippen molar-refractivity contribution in [2.75, 3.05) is 39.3 Å². The first-order chi connectivity index (χ1) is 15.5. The van der Waals surface area contributed by atoms with Crippen molar-refractivity contribution in [1.29, 1.82) is 0 Å². The number of benzene rings is 1. The molecule has 2 aromatic rings. The maximum absolute atomic E-state index is 12.7. The Bertz CT molecular complexity index is 922. The van der Waals surface area contributed by atoms with Gasteiger partial charge in [-0.2, -0.15) is 4.98 Å². The van der Waals surface area contributed by atoms with Crippen LogP contribution in [-0.4, -0.2) is 75.9 Å². The number of amides is 2. The molecule has 8 nitrogen and oxygen atoms in total. The molecule has 0 radical (unpaired) electrons. The van der Waals surface area contributed by atoms with Gasteiger partial charge in [0.15, 0.2) is 5.82 Å². The third-order valence-corrected chi connectivity index (χ3v) is 6.84. The second-order valence-corrected chi connectivity index (χ2v) is 9.66. The van der Waals surface area contributed by atoms with Crippen molar-refractivity contribution in [2.24, 2.45) is 5.92 Å². The summed E-state index contributed by atoms with van der Waals surface area (Å²) < 4.78 is 6.32. The number of halogens is 2. The van der Waals surface area contributed by atoms with E-state index in [1.165, 1.54) is 0 Å². The fraction of sp³-hybridized carbons (Fsp3) is 0.565. The number of carbonyl (C=O) groups is 2. The van der Waals surface area contributed by atoms with Crippen LogP contribution in [0, 0.1) is 5.92 Å². The average Bonchev–Trinajstić information content (AvgIpc) is 3.26. The maximum atomic E-state index is 12.7. The molecule has 1 aromatic heterocycles. The van der Waals surface area contributed by atoms with E-state index < -0.39 is 0 Å². The summed E-state index contributed by atoms with van der Waals surface area (Å²) in [6, 6.07) is 7.46. The van der Waals surface area contributed by atoms with Gasteiger partial charge in [-0.05, 0) is 43.0 Å². The molecule has 0 bridgehead atoms. The molecule has 0 spiro atoms. The Morgan fingerprint density at radius 3 is 2.36 bits per heavy atom. The van der Waals surface area contributed by atoms with E-state index in [1.807, 2.05) is 34.1 Å². The van der Waals surface area contributed by atoms with Gasteiger partial charge in [0, 0.05) is 62.1 Å². The molecule has 2 fully saturated rings. The lowest BCUT2D eigenvalue weighted by Gasteiger charge is -2.34. The molecule has 0 atom stereocenters. The number of aryl methyl sites for hydroxylation is 1. The monoisotopic (exact) mass is 539 g/mol. The third kappa shape index (κ3) is 7.01. The van der Waals surface area contributed by atoms with E-state index in [0.29, 0.717) is 55.7 Å². The molecule has 33 heavy (non-hydrogen) atoms. The van der Waals surface area contributed by atoms with Gasteiger partial charge in [0.1, 0.15) is 0 Å². The van der Waals surface area contributed by atoms with Crippen molar-refractivity contribution in [3.63, 3.8) is 0 Å². The fourth-order valence-electron chi connectivity index (χ4n) is 4.17. The van der Waals surface area contributed by atoms with Crippen molar-refractivity contribution in [1.82, 2.24) is 24.8 Å². The predicted molar refractivity (Wildman–Crippen MR) is 130 cm³/mol. The lowest BCUT2D eigenvalue weighted by atomic mass is 9.99. The van der Waals surface area contributed by atoms with E-state index in [9.17, 15) is 9.59 Å². The lowest BCUT2D eigenvalue weighted by molar-refractivity contribution is -0.132. The van der Waals surface area contributed by atoms with Crippen LogP contribution in [0.5, 0.6) is 0 Å². The highest BCUT2D eigenvalue weighted by Crippen LogP contribution is 2.18. The molecule has 0 unspecified atom stereocenters. The van der Waals surface area contributed by atoms with Crippen LogP contribution in [0.2, 0.25) is 0 Å². The zero-order chi connectivity index (χ0) is 22.5. The van der Waals surface area contributed by atoms with E-state index in [1.54, 1.807) is 0 Å². The summed E-state index contributed by atoms with van der Waals surface area (Å²) >= 11 is 3.40. The Balaban J connectivity index is 0.00000306. The zero-order valence-corrected chi connectivity index (χ0v) is 21.3. The topological polar surface area (TPSA) is 82.8 Å². The number of hydrogen-bond donors (Lipinski definition) is 0. The Hall–Kier alpha value is -1.97. The first kappa shape index (κ1) is 25.6. The quantitative estimate of drug-likeness (QED) is 0.559. The number of hydrogen-bond acceptors (Lipinski definition) is 6. The van der Waals surface area contributed by atoms with Crippen LogP contribution >= 0.6 is 28.3 Å². The largest absolute Gasteiger partial charge is 0.343 e. The van der Waals surface area contributed by atoms with Crippen molar-refractivity contribution in [2.45, 2.75) is 39.2 Å². The van der Waals surface area contributed by atoms with Crippen molar-refractivity contribution in [3.8, 4) is 0 Å². The number of carbonyl (C=O) groups excluding carboxylic acids is 2. The number of aromatic nitrogens is 2. The molecular weight excluding hydrogens is 510 g/mol. The molecule has 0 N–H and O–H groups in total. The van der Waals surface area contributed by atoms with Crippen LogP contribution in [0.1, 0.15) is 48.3 Å². The van der Waals surface area contributed by atoms with Gasteiger partial charge in [-0.3, -0.25) is 14.5 Å². The molecule has 10 heteroatoms. The van der Waals surface area contributed by atoms with Crippen molar-refractivity contribution < 1.29 is 14.1 Å². The minimum absolute atomic E-state index is 0. The molecule has 0 saturated carbocycles. The van der Waals surface area contributed by atoms with Gasteiger partial charge in [0.25, 0.3) is 5.91 Å².